The lowest BCUT2D eigenvalue weighted by Crippen LogP contribution is -2.34. The van der Waals surface area contributed by atoms with Crippen molar-refractivity contribution in [2.45, 2.75) is 48.0 Å². The zero-order chi connectivity index (χ0) is 20.8. The number of thioether (sulfide) groups is 1. The van der Waals surface area contributed by atoms with Crippen molar-refractivity contribution >= 4 is 33.2 Å². The molecule has 1 amide bonds. The lowest BCUT2D eigenvalue weighted by atomic mass is 10.2. The van der Waals surface area contributed by atoms with E-state index in [0.29, 0.717) is 29.2 Å². The minimum atomic E-state index is -2.96. The van der Waals surface area contributed by atoms with Gasteiger partial charge in [-0.1, -0.05) is 12.1 Å². The quantitative estimate of drug-likeness (QED) is 0.757. The van der Waals surface area contributed by atoms with Gasteiger partial charge in [0.05, 0.1) is 17.1 Å². The van der Waals surface area contributed by atoms with Crippen molar-refractivity contribution in [3.05, 3.63) is 48.0 Å². The summed E-state index contributed by atoms with van der Waals surface area (Å²) >= 11 is 1.47. The van der Waals surface area contributed by atoms with E-state index in [1.54, 1.807) is 12.1 Å². The highest BCUT2D eigenvalue weighted by atomic mass is 32.2. The molecule has 2 heterocycles. The number of fused-ring (bicyclic) bond motifs is 1. The van der Waals surface area contributed by atoms with Gasteiger partial charge in [-0.2, -0.15) is 0 Å². The highest BCUT2D eigenvalue weighted by molar-refractivity contribution is 8.02. The van der Waals surface area contributed by atoms with Crippen LogP contribution in [0, 0.1) is 0 Å². The van der Waals surface area contributed by atoms with E-state index in [2.05, 4.69) is 5.32 Å². The minimum absolute atomic E-state index is 0.0166. The molecule has 158 valence electrons. The maximum atomic E-state index is 13.0. The number of sulfone groups is 1. The van der Waals surface area contributed by atoms with Crippen LogP contribution in [0.1, 0.15) is 42.5 Å². The van der Waals surface area contributed by atoms with E-state index in [1.165, 1.54) is 11.8 Å². The Hall–Kier alpha value is -2.19. The van der Waals surface area contributed by atoms with Gasteiger partial charge in [0.2, 0.25) is 0 Å². The first-order valence-corrected chi connectivity index (χ1v) is 12.9. The van der Waals surface area contributed by atoms with Gasteiger partial charge in [0.1, 0.15) is 0 Å². The number of carbonyl (C=O) groups excluding carboxylic acids is 1. The van der Waals surface area contributed by atoms with Crippen molar-refractivity contribution in [2.24, 2.45) is 0 Å². The van der Waals surface area contributed by atoms with Crippen LogP contribution in [0.5, 0.6) is 11.5 Å². The van der Waals surface area contributed by atoms with Crippen molar-refractivity contribution < 1.29 is 22.7 Å². The van der Waals surface area contributed by atoms with Crippen molar-refractivity contribution in [2.75, 3.05) is 16.8 Å². The third-order valence-corrected chi connectivity index (χ3v) is 9.10. The third kappa shape index (κ3) is 3.90. The summed E-state index contributed by atoms with van der Waals surface area (Å²) in [4.78, 5) is 13.8. The van der Waals surface area contributed by atoms with E-state index >= 15 is 0 Å². The molecule has 1 atom stereocenters. The maximum absolute atomic E-state index is 13.0. The largest absolute Gasteiger partial charge is 0.448 e. The Balaban J connectivity index is 1.31. The van der Waals surface area contributed by atoms with E-state index in [4.69, 9.17) is 9.47 Å². The van der Waals surface area contributed by atoms with E-state index in [-0.39, 0.29) is 22.7 Å². The fraction of sp³-hybridized carbons (Fsp3) is 0.409. The van der Waals surface area contributed by atoms with E-state index < -0.39 is 15.6 Å². The van der Waals surface area contributed by atoms with Gasteiger partial charge < -0.3 is 14.8 Å². The number of hydrogen-bond acceptors (Lipinski definition) is 6. The molecule has 2 aromatic rings. The minimum Gasteiger partial charge on any atom is -0.448 e. The first-order valence-electron chi connectivity index (χ1n) is 10.2. The average molecular weight is 446 g/mol. The molecule has 2 aromatic carbocycles. The van der Waals surface area contributed by atoms with Gasteiger partial charge >= 0.3 is 0 Å². The fourth-order valence-corrected chi connectivity index (χ4v) is 7.90. The van der Waals surface area contributed by atoms with Crippen LogP contribution in [-0.4, -0.2) is 36.9 Å². The Kier molecular flexibility index (Phi) is 4.94. The van der Waals surface area contributed by atoms with Gasteiger partial charge in [-0.25, -0.2) is 8.42 Å². The van der Waals surface area contributed by atoms with Crippen LogP contribution in [-0.2, 0) is 9.84 Å². The normalized spacial score (nSPS) is 23.0. The van der Waals surface area contributed by atoms with Crippen LogP contribution < -0.4 is 14.8 Å². The second-order valence-electron chi connectivity index (χ2n) is 8.08. The topological polar surface area (TPSA) is 81.7 Å². The summed E-state index contributed by atoms with van der Waals surface area (Å²) in [5.41, 5.74) is 1.18. The van der Waals surface area contributed by atoms with Crippen LogP contribution >= 0.6 is 11.8 Å². The van der Waals surface area contributed by atoms with Crippen LogP contribution in [0.2, 0.25) is 0 Å². The molecule has 0 radical (unpaired) electrons. The number of hydrogen-bond donors (Lipinski definition) is 1. The van der Waals surface area contributed by atoms with Crippen molar-refractivity contribution in [3.8, 4) is 11.5 Å². The molecule has 1 aliphatic carbocycles. The Morgan fingerprint density at radius 1 is 1.07 bits per heavy atom. The molecule has 1 unspecified atom stereocenters. The second kappa shape index (κ2) is 7.50. The second-order valence-corrected chi connectivity index (χ2v) is 11.6. The third-order valence-electron chi connectivity index (χ3n) is 5.77. The molecule has 5 rings (SSSR count). The molecule has 1 saturated heterocycles. The summed E-state index contributed by atoms with van der Waals surface area (Å²) < 4.78 is 35.6. The fourth-order valence-electron chi connectivity index (χ4n) is 4.28. The monoisotopic (exact) mass is 445 g/mol. The summed E-state index contributed by atoms with van der Waals surface area (Å²) in [7, 11) is -2.96. The number of anilines is 1. The summed E-state index contributed by atoms with van der Waals surface area (Å²) in [5.74, 6) is 1.00. The number of rotatable bonds is 4. The number of carbonyl (C=O) groups is 1. The Morgan fingerprint density at radius 2 is 1.83 bits per heavy atom. The Labute approximate surface area is 180 Å². The lowest BCUT2D eigenvalue weighted by molar-refractivity contribution is -0.0716. The highest BCUT2D eigenvalue weighted by Crippen LogP contribution is 2.47. The van der Waals surface area contributed by atoms with Crippen LogP contribution in [0.15, 0.2) is 47.4 Å². The highest BCUT2D eigenvalue weighted by Gasteiger charge is 2.44. The first kappa shape index (κ1) is 19.8. The van der Waals surface area contributed by atoms with E-state index in [1.807, 2.05) is 30.3 Å². The predicted molar refractivity (Wildman–Crippen MR) is 116 cm³/mol. The van der Waals surface area contributed by atoms with Gasteiger partial charge in [0.15, 0.2) is 21.3 Å². The molecule has 1 spiro atoms. The number of nitrogens with one attached hydrogen (secondary N) is 1. The lowest BCUT2D eigenvalue weighted by Gasteiger charge is -2.21. The van der Waals surface area contributed by atoms with Crippen LogP contribution in [0.25, 0.3) is 0 Å². The van der Waals surface area contributed by atoms with Gasteiger partial charge in [-0.3, -0.25) is 4.79 Å². The molecule has 1 saturated carbocycles. The molecule has 30 heavy (non-hydrogen) atoms. The summed E-state index contributed by atoms with van der Waals surface area (Å²) in [6, 6.07) is 12.8. The zero-order valence-corrected chi connectivity index (χ0v) is 18.1. The number of amides is 1. The molecule has 8 heteroatoms. The predicted octanol–water partition coefficient (Wildman–Crippen LogP) is 4.26. The molecule has 2 fully saturated rings. The molecular weight excluding hydrogens is 422 g/mol. The van der Waals surface area contributed by atoms with Crippen LogP contribution in [0.3, 0.4) is 0 Å². The number of ether oxygens (including phenoxy) is 2. The van der Waals surface area contributed by atoms with Gasteiger partial charge in [-0.05, 0) is 43.5 Å². The van der Waals surface area contributed by atoms with E-state index in [9.17, 15) is 13.2 Å². The van der Waals surface area contributed by atoms with Crippen molar-refractivity contribution in [1.82, 2.24) is 0 Å². The molecule has 0 aromatic heterocycles. The van der Waals surface area contributed by atoms with Crippen molar-refractivity contribution in [1.29, 1.82) is 0 Å². The Morgan fingerprint density at radius 3 is 2.60 bits per heavy atom. The van der Waals surface area contributed by atoms with Crippen molar-refractivity contribution in [3.63, 3.8) is 0 Å². The maximum Gasteiger partial charge on any atom is 0.256 e. The van der Waals surface area contributed by atoms with Gasteiger partial charge in [-0.15, -0.1) is 11.8 Å². The summed E-state index contributed by atoms with van der Waals surface area (Å²) in [6.07, 6.45) is 4.56. The van der Waals surface area contributed by atoms with E-state index in [0.717, 1.165) is 30.6 Å². The SMILES string of the molecule is O=C(Nc1ccc2c(c1)OC1(CCCC1)O2)c1ccccc1SC1CCS(=O)(=O)C1. The number of benzene rings is 2. The zero-order valence-electron chi connectivity index (χ0n) is 16.4. The average Bonchev–Trinajstić information content (AvgIpc) is 3.40. The smallest absolute Gasteiger partial charge is 0.256 e. The summed E-state index contributed by atoms with van der Waals surface area (Å²) in [5, 5.41) is 2.93. The van der Waals surface area contributed by atoms with Crippen LogP contribution in [0.4, 0.5) is 5.69 Å². The molecule has 3 aliphatic rings. The Bertz CT molecular complexity index is 1090. The first-order chi connectivity index (χ1) is 14.4. The molecule has 0 bridgehead atoms. The molecular formula is C22H23NO5S2. The molecule has 6 nitrogen and oxygen atoms in total. The summed E-state index contributed by atoms with van der Waals surface area (Å²) in [6.45, 7) is 0. The molecule has 1 N–H and O–H groups in total. The standard InChI is InChI=1S/C22H23NO5S2/c24-21(17-5-1-2-6-20(17)29-16-9-12-30(25,26)14-16)23-15-7-8-18-19(13-15)28-22(27-18)10-3-4-11-22/h1-2,5-8,13,16H,3-4,9-12,14H2,(H,23,24). The van der Waals surface area contributed by atoms with Gasteiger partial charge in [0.25, 0.3) is 11.7 Å². The van der Waals surface area contributed by atoms with Gasteiger partial charge in [0, 0.05) is 34.7 Å². The molecule has 2 aliphatic heterocycles.